The molecule has 1 N–H and O–H groups in total. The highest BCUT2D eigenvalue weighted by molar-refractivity contribution is 6.14. The van der Waals surface area contributed by atoms with Gasteiger partial charge in [-0.2, -0.15) is 0 Å². The molecule has 0 fully saturated rings. The summed E-state index contributed by atoms with van der Waals surface area (Å²) in [6.07, 6.45) is 3.07. The number of ketones is 1. The van der Waals surface area contributed by atoms with Crippen LogP contribution in [0.2, 0.25) is 0 Å². The van der Waals surface area contributed by atoms with Crippen molar-refractivity contribution in [1.29, 1.82) is 0 Å². The molecule has 3 rings (SSSR count). The number of amides is 1. The molecular weight excluding hydrogens is 302 g/mol. The van der Waals surface area contributed by atoms with Crippen molar-refractivity contribution in [2.75, 3.05) is 7.05 Å². The average Bonchev–Trinajstić information content (AvgIpc) is 2.85. The standard InChI is InChI=1S/C20H17NO3/c1-21-18(15-10-6-3-7-11-15)17(19(23)20(21)24)16(22)13-12-14-8-4-2-5-9-14/h2-13,18,23H,1H3/b13-12+/t18-/m0/s1. The smallest absolute Gasteiger partial charge is 0.289 e. The van der Waals surface area contributed by atoms with Gasteiger partial charge in [0.05, 0.1) is 11.6 Å². The molecule has 4 nitrogen and oxygen atoms in total. The Balaban J connectivity index is 1.95. The lowest BCUT2D eigenvalue weighted by molar-refractivity contribution is -0.128. The zero-order valence-corrected chi connectivity index (χ0v) is 13.2. The minimum Gasteiger partial charge on any atom is -0.503 e. The number of carbonyl (C=O) groups excluding carboxylic acids is 2. The van der Waals surface area contributed by atoms with Crippen molar-refractivity contribution in [3.05, 3.63) is 89.2 Å². The maximum Gasteiger partial charge on any atom is 0.289 e. The molecule has 0 bridgehead atoms. The Labute approximate surface area is 140 Å². The molecule has 1 amide bonds. The first kappa shape index (κ1) is 15.7. The van der Waals surface area contributed by atoms with Gasteiger partial charge >= 0.3 is 0 Å². The van der Waals surface area contributed by atoms with E-state index in [2.05, 4.69) is 0 Å². The van der Waals surface area contributed by atoms with Crippen LogP contribution >= 0.6 is 0 Å². The lowest BCUT2D eigenvalue weighted by Crippen LogP contribution is -2.26. The molecule has 0 radical (unpaired) electrons. The summed E-state index contributed by atoms with van der Waals surface area (Å²) in [6.45, 7) is 0. The molecule has 2 aromatic rings. The Hall–Kier alpha value is -3.14. The second-order valence-corrected chi connectivity index (χ2v) is 5.60. The highest BCUT2D eigenvalue weighted by atomic mass is 16.3. The van der Waals surface area contributed by atoms with E-state index < -0.39 is 17.7 Å². The monoisotopic (exact) mass is 319 g/mol. The largest absolute Gasteiger partial charge is 0.503 e. The number of aliphatic hydroxyl groups is 1. The first-order valence-electron chi connectivity index (χ1n) is 7.62. The lowest BCUT2D eigenvalue weighted by Gasteiger charge is -2.22. The summed E-state index contributed by atoms with van der Waals surface area (Å²) in [5, 5.41) is 10.2. The molecule has 120 valence electrons. The van der Waals surface area contributed by atoms with Gasteiger partial charge in [0, 0.05) is 7.05 Å². The van der Waals surface area contributed by atoms with Gasteiger partial charge in [-0.25, -0.2) is 0 Å². The molecule has 1 aliphatic rings. The van der Waals surface area contributed by atoms with Gasteiger partial charge in [0.2, 0.25) is 0 Å². The van der Waals surface area contributed by atoms with Crippen LogP contribution in [0.3, 0.4) is 0 Å². The molecule has 0 spiro atoms. The van der Waals surface area contributed by atoms with Crippen molar-refractivity contribution in [2.24, 2.45) is 0 Å². The van der Waals surface area contributed by atoms with Gasteiger partial charge in [-0.15, -0.1) is 0 Å². The first-order chi connectivity index (χ1) is 11.6. The van der Waals surface area contributed by atoms with E-state index in [1.807, 2.05) is 60.7 Å². The maximum absolute atomic E-state index is 12.6. The zero-order valence-electron chi connectivity index (χ0n) is 13.2. The third kappa shape index (κ3) is 2.86. The van der Waals surface area contributed by atoms with Crippen molar-refractivity contribution in [2.45, 2.75) is 6.04 Å². The minimum atomic E-state index is -0.577. The van der Waals surface area contributed by atoms with Gasteiger partial charge in [-0.3, -0.25) is 9.59 Å². The Kier molecular flexibility index (Phi) is 4.29. The van der Waals surface area contributed by atoms with E-state index in [1.165, 1.54) is 11.0 Å². The maximum atomic E-state index is 12.6. The molecule has 1 atom stereocenters. The van der Waals surface area contributed by atoms with Crippen LogP contribution in [-0.4, -0.2) is 28.7 Å². The molecule has 1 aliphatic heterocycles. The normalized spacial score (nSPS) is 17.8. The quantitative estimate of drug-likeness (QED) is 0.880. The number of aliphatic hydroxyl groups excluding tert-OH is 1. The molecule has 0 saturated heterocycles. The summed E-state index contributed by atoms with van der Waals surface area (Å²) in [4.78, 5) is 26.1. The van der Waals surface area contributed by atoms with Gasteiger partial charge in [0.15, 0.2) is 11.5 Å². The van der Waals surface area contributed by atoms with Crippen molar-refractivity contribution in [1.82, 2.24) is 4.90 Å². The van der Waals surface area contributed by atoms with Crippen LogP contribution in [0, 0.1) is 0 Å². The fourth-order valence-electron chi connectivity index (χ4n) is 2.83. The summed E-state index contributed by atoms with van der Waals surface area (Å²) in [6, 6.07) is 18.0. The second-order valence-electron chi connectivity index (χ2n) is 5.60. The molecule has 4 heteroatoms. The second kappa shape index (κ2) is 6.54. The van der Waals surface area contributed by atoms with E-state index in [9.17, 15) is 14.7 Å². The number of likely N-dealkylation sites (N-methyl/N-ethyl adjacent to an activating group) is 1. The SMILES string of the molecule is CN1C(=O)C(O)=C(C(=O)/C=C/c2ccccc2)[C@@H]1c1ccccc1. The van der Waals surface area contributed by atoms with Crippen LogP contribution < -0.4 is 0 Å². The van der Waals surface area contributed by atoms with Gasteiger partial charge < -0.3 is 10.0 Å². The number of carbonyl (C=O) groups is 2. The van der Waals surface area contributed by atoms with Crippen molar-refractivity contribution < 1.29 is 14.7 Å². The van der Waals surface area contributed by atoms with Crippen LogP contribution in [-0.2, 0) is 9.59 Å². The molecule has 0 saturated carbocycles. The summed E-state index contributed by atoms with van der Waals surface area (Å²) < 4.78 is 0. The third-order valence-corrected chi connectivity index (χ3v) is 4.05. The number of benzene rings is 2. The van der Waals surface area contributed by atoms with Crippen LogP contribution in [0.25, 0.3) is 6.08 Å². The van der Waals surface area contributed by atoms with Crippen LogP contribution in [0.5, 0.6) is 0 Å². The summed E-state index contributed by atoms with van der Waals surface area (Å²) >= 11 is 0. The summed E-state index contributed by atoms with van der Waals surface area (Å²) in [5.41, 5.74) is 1.77. The highest BCUT2D eigenvalue weighted by Gasteiger charge is 2.40. The first-order valence-corrected chi connectivity index (χ1v) is 7.62. The predicted octanol–water partition coefficient (Wildman–Crippen LogP) is 3.29. The van der Waals surface area contributed by atoms with Gasteiger partial charge in [0.25, 0.3) is 5.91 Å². The number of nitrogens with zero attached hydrogens (tertiary/aromatic N) is 1. The van der Waals surface area contributed by atoms with E-state index in [0.29, 0.717) is 0 Å². The van der Waals surface area contributed by atoms with Crippen molar-refractivity contribution in [3.63, 3.8) is 0 Å². The van der Waals surface area contributed by atoms with Gasteiger partial charge in [-0.1, -0.05) is 66.7 Å². The number of allylic oxidation sites excluding steroid dienone is 1. The Morgan fingerprint density at radius 3 is 2.25 bits per heavy atom. The zero-order chi connectivity index (χ0) is 17.1. The Morgan fingerprint density at radius 1 is 1.04 bits per heavy atom. The number of hydrogen-bond acceptors (Lipinski definition) is 3. The fourth-order valence-corrected chi connectivity index (χ4v) is 2.83. The summed E-state index contributed by atoms with van der Waals surface area (Å²) in [7, 11) is 1.58. The molecule has 24 heavy (non-hydrogen) atoms. The molecule has 2 aromatic carbocycles. The lowest BCUT2D eigenvalue weighted by atomic mass is 9.96. The molecule has 0 aliphatic carbocycles. The van der Waals surface area contributed by atoms with Crippen molar-refractivity contribution in [3.8, 4) is 0 Å². The van der Waals surface area contributed by atoms with Crippen LogP contribution in [0.1, 0.15) is 17.2 Å². The Bertz CT molecular complexity index is 822. The van der Waals surface area contributed by atoms with Crippen molar-refractivity contribution >= 4 is 17.8 Å². The van der Waals surface area contributed by atoms with Gasteiger partial charge in [-0.05, 0) is 17.2 Å². The Morgan fingerprint density at radius 2 is 1.62 bits per heavy atom. The van der Waals surface area contributed by atoms with E-state index in [-0.39, 0.29) is 11.4 Å². The van der Waals surface area contributed by atoms with E-state index >= 15 is 0 Å². The number of rotatable bonds is 4. The average molecular weight is 319 g/mol. The fraction of sp³-hybridized carbons (Fsp3) is 0.100. The molecule has 0 aromatic heterocycles. The molecular formula is C20H17NO3. The predicted molar refractivity (Wildman–Crippen MR) is 92.1 cm³/mol. The van der Waals surface area contributed by atoms with Crippen LogP contribution in [0.15, 0.2) is 78.1 Å². The third-order valence-electron chi connectivity index (χ3n) is 4.05. The number of hydrogen-bond donors (Lipinski definition) is 1. The topological polar surface area (TPSA) is 57.6 Å². The summed E-state index contributed by atoms with van der Waals surface area (Å²) in [5.74, 6) is -1.39. The van der Waals surface area contributed by atoms with E-state index in [4.69, 9.17) is 0 Å². The van der Waals surface area contributed by atoms with Gasteiger partial charge in [0.1, 0.15) is 0 Å². The van der Waals surface area contributed by atoms with E-state index in [1.54, 1.807) is 13.1 Å². The minimum absolute atomic E-state index is 0.112. The highest BCUT2D eigenvalue weighted by Crippen LogP contribution is 2.36. The molecule has 0 unspecified atom stereocenters. The molecule has 1 heterocycles. The van der Waals surface area contributed by atoms with E-state index in [0.717, 1.165) is 11.1 Å². The van der Waals surface area contributed by atoms with Crippen LogP contribution in [0.4, 0.5) is 0 Å².